The van der Waals surface area contributed by atoms with Crippen molar-refractivity contribution in [2.24, 2.45) is 0 Å². The van der Waals surface area contributed by atoms with Crippen molar-refractivity contribution in [2.45, 2.75) is 19.5 Å². The van der Waals surface area contributed by atoms with Crippen LogP contribution < -0.4 is 19.7 Å². The largest absolute Gasteiger partial charge is 0.507 e. The molecule has 5 aromatic rings. The lowest BCUT2D eigenvalue weighted by Crippen LogP contribution is -2.31. The van der Waals surface area contributed by atoms with E-state index < -0.39 is 11.7 Å². The van der Waals surface area contributed by atoms with Gasteiger partial charge in [-0.05, 0) is 65.6 Å². The number of methoxy groups -OCH3 is 2. The second kappa shape index (κ2) is 14.1. The molecule has 0 unspecified atom stereocenters. The Morgan fingerprint density at radius 2 is 1.50 bits per heavy atom. The number of anilines is 1. The van der Waals surface area contributed by atoms with Gasteiger partial charge in [-0.25, -0.2) is 0 Å². The summed E-state index contributed by atoms with van der Waals surface area (Å²) in [5.41, 5.74) is 5.39. The highest BCUT2D eigenvalue weighted by atomic mass is 16.5. The minimum Gasteiger partial charge on any atom is -0.507 e. The van der Waals surface area contributed by atoms with Crippen molar-refractivity contribution in [1.29, 1.82) is 0 Å². The number of aromatic amines is 1. The zero-order chi connectivity index (χ0) is 30.9. The van der Waals surface area contributed by atoms with E-state index in [2.05, 4.69) is 15.2 Å². The van der Waals surface area contributed by atoms with Gasteiger partial charge >= 0.3 is 0 Å². The number of aromatic nitrogens is 1. The molecule has 0 aliphatic carbocycles. The topological polar surface area (TPSA) is 104 Å². The van der Waals surface area contributed by atoms with Gasteiger partial charge in [0.1, 0.15) is 17.3 Å². The molecule has 0 atom stereocenters. The van der Waals surface area contributed by atoms with E-state index in [-0.39, 0.29) is 5.76 Å². The maximum absolute atomic E-state index is 12.7. The highest BCUT2D eigenvalue weighted by molar-refractivity contribution is 6.41. The molecule has 0 saturated heterocycles. The van der Waals surface area contributed by atoms with Crippen LogP contribution >= 0.6 is 0 Å². The fourth-order valence-corrected chi connectivity index (χ4v) is 5.09. The summed E-state index contributed by atoms with van der Waals surface area (Å²) in [6.45, 7) is 1.40. The number of hydrogen-bond acceptors (Lipinski definition) is 6. The number of carbonyl (C=O) groups excluding carboxylic acids is 2. The third-order valence-electron chi connectivity index (χ3n) is 7.37. The Morgan fingerprint density at radius 3 is 2.18 bits per heavy atom. The molecule has 44 heavy (non-hydrogen) atoms. The average Bonchev–Trinajstić information content (AvgIpc) is 3.47. The zero-order valence-corrected chi connectivity index (χ0v) is 24.7. The first-order valence-corrected chi connectivity index (χ1v) is 14.3. The van der Waals surface area contributed by atoms with Crippen molar-refractivity contribution in [3.05, 3.63) is 132 Å². The molecule has 0 radical (unpaired) electrons. The summed E-state index contributed by atoms with van der Waals surface area (Å²) in [5.74, 6) is -0.360. The molecule has 0 fully saturated rings. The van der Waals surface area contributed by atoms with Crippen LogP contribution in [0.25, 0.3) is 16.7 Å². The molecule has 1 aromatic heterocycles. The quantitative estimate of drug-likeness (QED) is 0.0856. The van der Waals surface area contributed by atoms with E-state index >= 15 is 0 Å². The van der Waals surface area contributed by atoms with Crippen LogP contribution in [0.4, 0.5) is 5.69 Å². The molecule has 0 aliphatic heterocycles. The third-order valence-corrected chi connectivity index (χ3v) is 7.37. The Balaban J connectivity index is 1.30. The summed E-state index contributed by atoms with van der Waals surface area (Å²) in [6, 6.07) is 30.9. The van der Waals surface area contributed by atoms with E-state index in [9.17, 15) is 14.7 Å². The molecule has 0 aliphatic rings. The Bertz CT molecular complexity index is 1740. The lowest BCUT2D eigenvalue weighted by Gasteiger charge is -2.26. The highest BCUT2D eigenvalue weighted by Crippen LogP contribution is 2.26. The molecule has 8 nitrogen and oxygen atoms in total. The molecule has 0 saturated carbocycles. The van der Waals surface area contributed by atoms with Gasteiger partial charge in [0.2, 0.25) is 5.78 Å². The Kier molecular flexibility index (Phi) is 9.61. The van der Waals surface area contributed by atoms with Crippen molar-refractivity contribution in [3.8, 4) is 11.5 Å². The molecule has 0 spiro atoms. The molecule has 4 aromatic carbocycles. The van der Waals surface area contributed by atoms with Crippen molar-refractivity contribution in [2.75, 3.05) is 25.7 Å². The second-order valence-electron chi connectivity index (χ2n) is 10.4. The molecule has 1 amide bonds. The van der Waals surface area contributed by atoms with Crippen LogP contribution in [-0.2, 0) is 29.1 Å². The number of carbonyl (C=O) groups is 2. The summed E-state index contributed by atoms with van der Waals surface area (Å²) in [5, 5.41) is 14.6. The van der Waals surface area contributed by atoms with Crippen molar-refractivity contribution in [1.82, 2.24) is 10.3 Å². The molecule has 0 bridgehead atoms. The van der Waals surface area contributed by atoms with E-state index in [1.165, 1.54) is 0 Å². The zero-order valence-electron chi connectivity index (χ0n) is 24.7. The number of ether oxygens (including phenoxy) is 2. The number of ketones is 1. The number of nitrogens with zero attached hydrogens (tertiary/aromatic N) is 1. The molecule has 224 valence electrons. The maximum Gasteiger partial charge on any atom is 0.291 e. The van der Waals surface area contributed by atoms with Crippen molar-refractivity contribution in [3.63, 3.8) is 0 Å². The van der Waals surface area contributed by atoms with Crippen LogP contribution in [0.1, 0.15) is 22.3 Å². The number of aliphatic hydroxyl groups is 1. The molecule has 3 N–H and O–H groups in total. The fraction of sp³-hybridized carbons (Fsp3) is 0.167. The summed E-state index contributed by atoms with van der Waals surface area (Å²) >= 11 is 0. The maximum atomic E-state index is 12.7. The second-order valence-corrected chi connectivity index (χ2v) is 10.4. The Hall–Kier alpha value is -5.50. The number of nitrogens with one attached hydrogen (secondary N) is 2. The van der Waals surface area contributed by atoms with Gasteiger partial charge in [0.15, 0.2) is 0 Å². The number of amides is 1. The van der Waals surface area contributed by atoms with Gasteiger partial charge in [-0.15, -0.1) is 0 Å². The molecule has 1 heterocycles. The van der Waals surface area contributed by atoms with Gasteiger partial charge in [-0.3, -0.25) is 9.59 Å². The lowest BCUT2D eigenvalue weighted by atomic mass is 10.1. The smallest absolute Gasteiger partial charge is 0.291 e. The molecule has 8 heteroatoms. The van der Waals surface area contributed by atoms with Gasteiger partial charge in [0.05, 0.1) is 14.2 Å². The van der Waals surface area contributed by atoms with Gasteiger partial charge in [0.25, 0.3) is 5.91 Å². The lowest BCUT2D eigenvalue weighted by molar-refractivity contribution is -0.135. The van der Waals surface area contributed by atoms with Gasteiger partial charge in [0, 0.05) is 54.1 Å². The third kappa shape index (κ3) is 7.46. The fourth-order valence-electron chi connectivity index (χ4n) is 5.09. The van der Waals surface area contributed by atoms with E-state index in [1.807, 2.05) is 91.1 Å². The van der Waals surface area contributed by atoms with E-state index in [4.69, 9.17) is 9.47 Å². The molecular weight excluding hydrogens is 554 g/mol. The van der Waals surface area contributed by atoms with Crippen LogP contribution in [0.5, 0.6) is 11.5 Å². The van der Waals surface area contributed by atoms with E-state index in [0.29, 0.717) is 31.6 Å². The number of fused-ring (bicyclic) bond motifs is 1. The standard InChI is InChI=1S/C36H35N3O5/c1-43-30-12-5-8-25(18-30)23-39(24-26-9-6-13-31(19-26)44-2)29-11-7-10-27(20-29)34(40)21-35(41)36(42)37-17-16-28-22-38-33-15-4-3-14-32(28)33/h3-15,18-22,38,40H,16-17,23-24H2,1-2H3,(H,37,42)/b34-21-. The average molecular weight is 590 g/mol. The van der Waals surface area contributed by atoms with Crippen molar-refractivity contribution < 1.29 is 24.2 Å². The van der Waals surface area contributed by atoms with Gasteiger partial charge < -0.3 is 29.8 Å². The predicted octanol–water partition coefficient (Wildman–Crippen LogP) is 6.22. The normalized spacial score (nSPS) is 11.3. The van der Waals surface area contributed by atoms with Gasteiger partial charge in [-0.2, -0.15) is 0 Å². The summed E-state index contributed by atoms with van der Waals surface area (Å²) in [6.07, 6.45) is 3.44. The highest BCUT2D eigenvalue weighted by Gasteiger charge is 2.15. The number of rotatable bonds is 13. The van der Waals surface area contributed by atoms with Crippen LogP contribution in [0, 0.1) is 0 Å². The van der Waals surface area contributed by atoms with Crippen LogP contribution in [0.15, 0.2) is 109 Å². The first kappa shape index (κ1) is 30.0. The van der Waals surface area contributed by atoms with E-state index in [0.717, 1.165) is 50.9 Å². The van der Waals surface area contributed by atoms with E-state index in [1.54, 1.807) is 26.4 Å². The monoisotopic (exact) mass is 589 g/mol. The molecule has 5 rings (SSSR count). The number of para-hydroxylation sites is 1. The predicted molar refractivity (Wildman–Crippen MR) is 173 cm³/mol. The summed E-state index contributed by atoms with van der Waals surface area (Å²) < 4.78 is 10.8. The van der Waals surface area contributed by atoms with Gasteiger partial charge in [-0.1, -0.05) is 54.6 Å². The minimum atomic E-state index is -0.823. The Labute approximate surface area is 256 Å². The summed E-state index contributed by atoms with van der Waals surface area (Å²) in [7, 11) is 3.27. The number of H-pyrrole nitrogens is 1. The van der Waals surface area contributed by atoms with Crippen LogP contribution in [0.3, 0.4) is 0 Å². The summed E-state index contributed by atoms with van der Waals surface area (Å²) in [4.78, 5) is 30.6. The van der Waals surface area contributed by atoms with Crippen molar-refractivity contribution >= 4 is 34.0 Å². The number of benzene rings is 4. The first-order valence-electron chi connectivity index (χ1n) is 14.3. The number of hydrogen-bond donors (Lipinski definition) is 3. The molecular formula is C36H35N3O5. The van der Waals surface area contributed by atoms with Crippen LogP contribution in [0.2, 0.25) is 0 Å². The number of aliphatic hydroxyl groups excluding tert-OH is 1. The first-order chi connectivity index (χ1) is 21.4. The minimum absolute atomic E-state index is 0.286. The SMILES string of the molecule is COc1cccc(CN(Cc2cccc(OC)c2)c2cccc(/C(O)=C/C(=O)C(=O)NCCc3c[nH]c4ccccc34)c2)c1. The van der Waals surface area contributed by atoms with Crippen LogP contribution in [-0.4, -0.2) is 42.5 Å². The Morgan fingerprint density at radius 1 is 0.841 bits per heavy atom.